The highest BCUT2D eigenvalue weighted by Gasteiger charge is 2.61. The van der Waals surface area contributed by atoms with Crippen LogP contribution in [0.2, 0.25) is 5.02 Å². The Hall–Kier alpha value is -1.83. The summed E-state index contributed by atoms with van der Waals surface area (Å²) in [5, 5.41) is 4.64. The molecule has 8 heteroatoms. The summed E-state index contributed by atoms with van der Waals surface area (Å²) >= 11 is 9.57. The van der Waals surface area contributed by atoms with Gasteiger partial charge in [-0.25, -0.2) is 18.4 Å². The van der Waals surface area contributed by atoms with Gasteiger partial charge in [-0.15, -0.1) is 0 Å². The fourth-order valence-corrected chi connectivity index (χ4v) is 3.54. The molecule has 2 heterocycles. The van der Waals surface area contributed by atoms with Crippen molar-refractivity contribution in [2.45, 2.75) is 18.2 Å². The zero-order valence-corrected chi connectivity index (χ0v) is 15.0. The second kappa shape index (κ2) is 6.16. The molecule has 0 amide bonds. The summed E-state index contributed by atoms with van der Waals surface area (Å²) in [6.45, 7) is 0.200. The summed E-state index contributed by atoms with van der Waals surface area (Å²) in [6, 6.07) is 10.7. The maximum Gasteiger partial charge on any atom is 0.195 e. The fraction of sp³-hybridized carbons (Fsp3) is 0.176. The van der Waals surface area contributed by atoms with E-state index in [2.05, 4.69) is 26.0 Å². The summed E-state index contributed by atoms with van der Waals surface area (Å²) < 4.78 is 35.8. The first-order valence-electron chi connectivity index (χ1n) is 7.42. The van der Waals surface area contributed by atoms with Crippen molar-refractivity contribution in [3.63, 3.8) is 0 Å². The first kappa shape index (κ1) is 16.6. The molecule has 3 aromatic rings. The Morgan fingerprint density at radius 1 is 1.24 bits per heavy atom. The number of hydrogen-bond acceptors (Lipinski definition) is 3. The van der Waals surface area contributed by atoms with E-state index in [1.54, 1.807) is 10.7 Å². The largest absolute Gasteiger partial charge is 0.354 e. The zero-order valence-electron chi connectivity index (χ0n) is 12.7. The number of rotatable bonds is 4. The smallest absolute Gasteiger partial charge is 0.195 e. The predicted molar refractivity (Wildman–Crippen MR) is 91.0 cm³/mol. The molecule has 0 radical (unpaired) electrons. The topological polar surface area (TPSA) is 43.2 Å². The normalized spacial score (nSPS) is 22.2. The number of halogens is 4. The molecule has 4 rings (SSSR count). The standard InChI is InChI=1S/C17H11BrClF2N3O/c18-16-22-9-23-24(16)8-17(12-6-5-10(20)7-14(12)21)15(25-17)11-3-1-2-4-13(11)19/h1-7,9,15H,8H2. The average molecular weight is 427 g/mol. The van der Waals surface area contributed by atoms with Crippen molar-refractivity contribution >= 4 is 27.5 Å². The second-order valence-electron chi connectivity index (χ2n) is 5.72. The molecule has 0 bridgehead atoms. The van der Waals surface area contributed by atoms with E-state index in [9.17, 15) is 8.78 Å². The lowest BCUT2D eigenvalue weighted by molar-refractivity contribution is 0.255. The summed E-state index contributed by atoms with van der Waals surface area (Å²) in [6.07, 6.45) is 0.906. The third-order valence-corrected chi connectivity index (χ3v) is 5.18. The number of hydrogen-bond donors (Lipinski definition) is 0. The zero-order chi connectivity index (χ0) is 17.6. The molecule has 0 saturated carbocycles. The number of ether oxygens (including phenoxy) is 1. The van der Waals surface area contributed by atoms with Gasteiger partial charge in [-0.3, -0.25) is 0 Å². The maximum atomic E-state index is 14.5. The molecular formula is C17H11BrClF2N3O. The lowest BCUT2D eigenvalue weighted by Gasteiger charge is -2.15. The predicted octanol–water partition coefficient (Wildman–Crippen LogP) is 4.64. The van der Waals surface area contributed by atoms with E-state index in [0.717, 1.165) is 11.6 Å². The first-order valence-corrected chi connectivity index (χ1v) is 8.59. The van der Waals surface area contributed by atoms with Crippen LogP contribution in [0, 0.1) is 11.6 Å². The molecule has 2 unspecified atom stereocenters. The summed E-state index contributed by atoms with van der Waals surface area (Å²) in [4.78, 5) is 4.01. The Balaban J connectivity index is 1.80. The van der Waals surface area contributed by atoms with Gasteiger partial charge in [-0.2, -0.15) is 5.10 Å². The molecule has 25 heavy (non-hydrogen) atoms. The molecule has 1 aliphatic heterocycles. The third kappa shape index (κ3) is 2.86. The van der Waals surface area contributed by atoms with Crippen LogP contribution in [-0.4, -0.2) is 14.8 Å². The van der Waals surface area contributed by atoms with Crippen molar-refractivity contribution in [1.29, 1.82) is 0 Å². The van der Waals surface area contributed by atoms with Crippen LogP contribution in [0.1, 0.15) is 17.2 Å². The van der Waals surface area contributed by atoms with E-state index in [0.29, 0.717) is 9.76 Å². The van der Waals surface area contributed by atoms with Crippen LogP contribution in [0.15, 0.2) is 53.5 Å². The molecule has 2 atom stereocenters. The Morgan fingerprint density at radius 3 is 2.72 bits per heavy atom. The highest BCUT2D eigenvalue weighted by molar-refractivity contribution is 9.10. The molecule has 4 nitrogen and oxygen atoms in total. The van der Waals surface area contributed by atoms with Crippen LogP contribution in [-0.2, 0) is 16.9 Å². The van der Waals surface area contributed by atoms with Gasteiger partial charge >= 0.3 is 0 Å². The second-order valence-corrected chi connectivity index (χ2v) is 6.84. The minimum absolute atomic E-state index is 0.200. The summed E-state index contributed by atoms with van der Waals surface area (Å²) in [5.41, 5.74) is -0.0516. The van der Waals surface area contributed by atoms with Crippen molar-refractivity contribution in [3.05, 3.63) is 81.3 Å². The van der Waals surface area contributed by atoms with Gasteiger partial charge in [-0.1, -0.05) is 35.9 Å². The van der Waals surface area contributed by atoms with Gasteiger partial charge in [0.25, 0.3) is 0 Å². The minimum atomic E-state index is -1.04. The molecule has 0 aliphatic carbocycles. The van der Waals surface area contributed by atoms with Gasteiger partial charge in [0.1, 0.15) is 29.7 Å². The van der Waals surface area contributed by atoms with E-state index in [1.165, 1.54) is 18.5 Å². The quantitative estimate of drug-likeness (QED) is 0.571. The first-order chi connectivity index (χ1) is 12.0. The molecular weight excluding hydrogens is 416 g/mol. The van der Waals surface area contributed by atoms with Gasteiger partial charge in [0, 0.05) is 22.2 Å². The van der Waals surface area contributed by atoms with Crippen LogP contribution < -0.4 is 0 Å². The fourth-order valence-electron chi connectivity index (χ4n) is 3.00. The summed E-state index contributed by atoms with van der Waals surface area (Å²) in [5.74, 6) is -1.32. The highest BCUT2D eigenvalue weighted by atomic mass is 79.9. The van der Waals surface area contributed by atoms with Crippen LogP contribution in [0.4, 0.5) is 8.78 Å². The number of benzene rings is 2. The lowest BCUT2D eigenvalue weighted by atomic mass is 9.91. The average Bonchev–Trinajstić information content (AvgIpc) is 3.14. The monoisotopic (exact) mass is 425 g/mol. The molecule has 1 aromatic heterocycles. The third-order valence-electron chi connectivity index (χ3n) is 4.22. The Morgan fingerprint density at radius 2 is 2.04 bits per heavy atom. The maximum absolute atomic E-state index is 14.5. The molecule has 0 N–H and O–H groups in total. The van der Waals surface area contributed by atoms with Crippen LogP contribution in [0.25, 0.3) is 0 Å². The van der Waals surface area contributed by atoms with E-state index < -0.39 is 23.3 Å². The van der Waals surface area contributed by atoms with Crippen molar-refractivity contribution < 1.29 is 13.5 Å². The van der Waals surface area contributed by atoms with Gasteiger partial charge in [0.2, 0.25) is 0 Å². The Bertz CT molecular complexity index is 951. The van der Waals surface area contributed by atoms with Gasteiger partial charge in [0.15, 0.2) is 4.73 Å². The van der Waals surface area contributed by atoms with E-state index in [-0.39, 0.29) is 12.1 Å². The number of nitrogens with zero attached hydrogens (tertiary/aromatic N) is 3. The molecule has 1 fully saturated rings. The minimum Gasteiger partial charge on any atom is -0.354 e. The van der Waals surface area contributed by atoms with Crippen molar-refractivity contribution in [2.75, 3.05) is 0 Å². The van der Waals surface area contributed by atoms with Crippen LogP contribution in [0.5, 0.6) is 0 Å². The van der Waals surface area contributed by atoms with E-state index in [4.69, 9.17) is 16.3 Å². The number of epoxide rings is 1. The molecule has 2 aromatic carbocycles. The number of aromatic nitrogens is 3. The Labute approximate surface area is 155 Å². The van der Waals surface area contributed by atoms with E-state index >= 15 is 0 Å². The van der Waals surface area contributed by atoms with E-state index in [1.807, 2.05) is 18.2 Å². The molecule has 1 aliphatic rings. The van der Waals surface area contributed by atoms with Gasteiger partial charge in [0.05, 0.1) is 6.54 Å². The Kier molecular flexibility index (Phi) is 4.10. The lowest BCUT2D eigenvalue weighted by Crippen LogP contribution is -2.21. The van der Waals surface area contributed by atoms with Gasteiger partial charge in [-0.05, 0) is 28.1 Å². The summed E-state index contributed by atoms with van der Waals surface area (Å²) in [7, 11) is 0. The molecule has 1 saturated heterocycles. The highest BCUT2D eigenvalue weighted by Crippen LogP contribution is 2.59. The van der Waals surface area contributed by atoms with Crippen LogP contribution in [0.3, 0.4) is 0 Å². The SMILES string of the molecule is Fc1ccc(C2(Cn3ncnc3Br)OC2c2ccccc2Cl)c(F)c1. The van der Waals surface area contributed by atoms with Crippen molar-refractivity contribution in [1.82, 2.24) is 14.8 Å². The van der Waals surface area contributed by atoms with Crippen LogP contribution >= 0.6 is 27.5 Å². The van der Waals surface area contributed by atoms with Crippen molar-refractivity contribution in [2.24, 2.45) is 0 Å². The molecule has 0 spiro atoms. The molecule has 128 valence electrons. The van der Waals surface area contributed by atoms with Crippen molar-refractivity contribution in [3.8, 4) is 0 Å². The van der Waals surface area contributed by atoms with Gasteiger partial charge < -0.3 is 4.74 Å².